The lowest BCUT2D eigenvalue weighted by molar-refractivity contribution is -0.690. The first-order valence-corrected chi connectivity index (χ1v) is 7.63. The highest BCUT2D eigenvalue weighted by atomic mass is 16.1. The fourth-order valence-electron chi connectivity index (χ4n) is 2.47. The van der Waals surface area contributed by atoms with Crippen LogP contribution in [0.25, 0.3) is 11.1 Å². The first-order valence-electron chi connectivity index (χ1n) is 7.63. The van der Waals surface area contributed by atoms with E-state index < -0.39 is 0 Å². The van der Waals surface area contributed by atoms with Crippen LogP contribution in [0.1, 0.15) is 5.69 Å². The van der Waals surface area contributed by atoms with Gasteiger partial charge in [0.15, 0.2) is 11.9 Å². The van der Waals surface area contributed by atoms with Crippen LogP contribution in [-0.4, -0.2) is 5.91 Å². The molecule has 0 aliphatic carbocycles. The minimum Gasteiger partial charge on any atom is -0.321 e. The summed E-state index contributed by atoms with van der Waals surface area (Å²) in [5, 5.41) is 2.94. The van der Waals surface area contributed by atoms with Crippen LogP contribution >= 0.6 is 0 Å². The molecule has 1 N–H and O–H groups in total. The number of carbonyl (C=O) groups excluding carboxylic acids is 1. The summed E-state index contributed by atoms with van der Waals surface area (Å²) in [7, 11) is 0. The summed E-state index contributed by atoms with van der Waals surface area (Å²) in [6.07, 6.45) is 1.91. The van der Waals surface area contributed by atoms with Crippen LogP contribution in [0.2, 0.25) is 0 Å². The maximum Gasteiger partial charge on any atom is 0.290 e. The van der Waals surface area contributed by atoms with Crippen LogP contribution in [0.4, 0.5) is 5.69 Å². The van der Waals surface area contributed by atoms with Crippen molar-refractivity contribution in [3.63, 3.8) is 0 Å². The van der Waals surface area contributed by atoms with Crippen molar-refractivity contribution in [2.45, 2.75) is 13.5 Å². The van der Waals surface area contributed by atoms with Gasteiger partial charge in [0, 0.05) is 24.7 Å². The Labute approximate surface area is 136 Å². The summed E-state index contributed by atoms with van der Waals surface area (Å²) in [6.45, 7) is 2.30. The van der Waals surface area contributed by atoms with Crippen molar-refractivity contribution >= 4 is 11.6 Å². The van der Waals surface area contributed by atoms with Crippen LogP contribution in [0.5, 0.6) is 0 Å². The first-order chi connectivity index (χ1) is 11.2. The second-order valence-corrected chi connectivity index (χ2v) is 5.46. The number of anilines is 1. The number of hydrogen-bond donors (Lipinski definition) is 1. The molecule has 0 fully saturated rings. The Morgan fingerprint density at radius 1 is 0.870 bits per heavy atom. The summed E-state index contributed by atoms with van der Waals surface area (Å²) in [5.41, 5.74) is 4.17. The smallest absolute Gasteiger partial charge is 0.290 e. The van der Waals surface area contributed by atoms with E-state index in [0.29, 0.717) is 6.54 Å². The van der Waals surface area contributed by atoms with E-state index in [0.717, 1.165) is 16.9 Å². The van der Waals surface area contributed by atoms with Gasteiger partial charge in [0.25, 0.3) is 5.91 Å². The third kappa shape index (κ3) is 3.83. The molecule has 3 rings (SSSR count). The van der Waals surface area contributed by atoms with Crippen LogP contribution in [0, 0.1) is 6.92 Å². The lowest BCUT2D eigenvalue weighted by Gasteiger charge is -2.06. The zero-order valence-electron chi connectivity index (χ0n) is 13.1. The average Bonchev–Trinajstić information content (AvgIpc) is 2.58. The normalized spacial score (nSPS) is 10.3. The predicted octanol–water partition coefficient (Wildman–Crippen LogP) is 3.59. The molecule has 0 unspecified atom stereocenters. The Morgan fingerprint density at radius 3 is 2.22 bits per heavy atom. The summed E-state index contributed by atoms with van der Waals surface area (Å²) in [6, 6.07) is 24.0. The Hall–Kier alpha value is -2.94. The van der Waals surface area contributed by atoms with Crippen LogP contribution in [-0.2, 0) is 11.3 Å². The predicted molar refractivity (Wildman–Crippen MR) is 91.9 cm³/mol. The molecule has 1 amide bonds. The molecule has 3 nitrogen and oxygen atoms in total. The number of aryl methyl sites for hydroxylation is 1. The minimum atomic E-state index is -0.0308. The van der Waals surface area contributed by atoms with Gasteiger partial charge in [0.1, 0.15) is 0 Å². The number of benzene rings is 2. The SMILES string of the molecule is Cc1cccc[n+]1CC(=O)Nc1ccc(-c2ccccc2)cc1. The summed E-state index contributed by atoms with van der Waals surface area (Å²) < 4.78 is 1.92. The van der Waals surface area contributed by atoms with E-state index in [9.17, 15) is 4.79 Å². The van der Waals surface area contributed by atoms with Crippen molar-refractivity contribution in [1.82, 2.24) is 0 Å². The standard InChI is InChI=1S/C20H18N2O/c1-16-7-5-6-14-22(16)15-20(23)21-19-12-10-18(11-13-19)17-8-3-2-4-9-17/h2-14H,15H2,1H3/p+1. The number of amides is 1. The van der Waals surface area contributed by atoms with Crippen molar-refractivity contribution in [3.05, 3.63) is 84.7 Å². The average molecular weight is 303 g/mol. The number of rotatable bonds is 4. The third-order valence-corrected chi connectivity index (χ3v) is 3.76. The minimum absolute atomic E-state index is 0.0308. The molecule has 23 heavy (non-hydrogen) atoms. The summed E-state index contributed by atoms with van der Waals surface area (Å²) in [4.78, 5) is 12.2. The van der Waals surface area contributed by atoms with Crippen LogP contribution in [0.3, 0.4) is 0 Å². The Kier molecular flexibility index (Phi) is 4.48. The number of nitrogens with zero attached hydrogens (tertiary/aromatic N) is 1. The van der Waals surface area contributed by atoms with E-state index in [4.69, 9.17) is 0 Å². The molecular weight excluding hydrogens is 284 g/mol. The van der Waals surface area contributed by atoms with Crippen molar-refractivity contribution < 1.29 is 9.36 Å². The van der Waals surface area contributed by atoms with E-state index in [-0.39, 0.29) is 5.91 Å². The van der Waals surface area contributed by atoms with Crippen molar-refractivity contribution in [3.8, 4) is 11.1 Å². The molecule has 0 aliphatic heterocycles. The number of nitrogens with one attached hydrogen (secondary N) is 1. The highest BCUT2D eigenvalue weighted by Gasteiger charge is 2.11. The molecule has 0 aliphatic rings. The van der Waals surface area contributed by atoms with Crippen molar-refractivity contribution in [2.75, 3.05) is 5.32 Å². The Bertz CT molecular complexity index is 795. The lowest BCUT2D eigenvalue weighted by atomic mass is 10.1. The maximum atomic E-state index is 12.2. The number of carbonyl (C=O) groups is 1. The number of pyridine rings is 1. The molecule has 0 saturated heterocycles. The highest BCUT2D eigenvalue weighted by molar-refractivity contribution is 5.90. The van der Waals surface area contributed by atoms with Crippen molar-refractivity contribution in [2.24, 2.45) is 0 Å². The van der Waals surface area contributed by atoms with Gasteiger partial charge < -0.3 is 5.32 Å². The van der Waals surface area contributed by atoms with Gasteiger partial charge in [0.2, 0.25) is 6.54 Å². The first kappa shape index (κ1) is 15.0. The van der Waals surface area contributed by atoms with Gasteiger partial charge in [-0.3, -0.25) is 4.79 Å². The lowest BCUT2D eigenvalue weighted by Crippen LogP contribution is -2.42. The van der Waals surface area contributed by atoms with E-state index in [1.54, 1.807) is 0 Å². The fourth-order valence-corrected chi connectivity index (χ4v) is 2.47. The number of hydrogen-bond acceptors (Lipinski definition) is 1. The molecule has 0 radical (unpaired) electrons. The third-order valence-electron chi connectivity index (χ3n) is 3.76. The van der Waals surface area contributed by atoms with Gasteiger partial charge in [-0.25, -0.2) is 0 Å². The van der Waals surface area contributed by atoms with Gasteiger partial charge >= 0.3 is 0 Å². The van der Waals surface area contributed by atoms with E-state index in [1.807, 2.05) is 78.4 Å². The molecule has 0 atom stereocenters. The van der Waals surface area contributed by atoms with E-state index in [1.165, 1.54) is 5.56 Å². The zero-order chi connectivity index (χ0) is 16.1. The monoisotopic (exact) mass is 303 g/mol. The molecule has 1 aromatic heterocycles. The van der Waals surface area contributed by atoms with Gasteiger partial charge in [-0.2, -0.15) is 4.57 Å². The topological polar surface area (TPSA) is 33.0 Å². The van der Waals surface area contributed by atoms with Crippen molar-refractivity contribution in [1.29, 1.82) is 0 Å². The fraction of sp³-hybridized carbons (Fsp3) is 0.100. The maximum absolute atomic E-state index is 12.2. The molecule has 0 bridgehead atoms. The van der Waals surface area contributed by atoms with Crippen LogP contribution < -0.4 is 9.88 Å². The second kappa shape index (κ2) is 6.88. The van der Waals surface area contributed by atoms with Gasteiger partial charge in [0.05, 0.1) is 0 Å². The summed E-state index contributed by atoms with van der Waals surface area (Å²) in [5.74, 6) is -0.0308. The van der Waals surface area contributed by atoms with Gasteiger partial charge in [-0.1, -0.05) is 48.5 Å². The van der Waals surface area contributed by atoms with Gasteiger partial charge in [-0.15, -0.1) is 0 Å². The molecule has 3 heteroatoms. The Balaban J connectivity index is 1.66. The second-order valence-electron chi connectivity index (χ2n) is 5.46. The van der Waals surface area contributed by atoms with E-state index in [2.05, 4.69) is 17.4 Å². The van der Waals surface area contributed by atoms with E-state index >= 15 is 0 Å². The molecule has 2 aromatic carbocycles. The number of aromatic nitrogens is 1. The molecule has 0 spiro atoms. The van der Waals surface area contributed by atoms with Gasteiger partial charge in [-0.05, 0) is 23.3 Å². The molecule has 1 heterocycles. The zero-order valence-corrected chi connectivity index (χ0v) is 13.1. The molecule has 114 valence electrons. The molecule has 3 aromatic rings. The quantitative estimate of drug-likeness (QED) is 0.734. The molecular formula is C20H19N2O+. The van der Waals surface area contributed by atoms with Crippen LogP contribution in [0.15, 0.2) is 79.0 Å². The largest absolute Gasteiger partial charge is 0.321 e. The molecule has 0 saturated carbocycles. The Morgan fingerprint density at radius 2 is 1.52 bits per heavy atom. The summed E-state index contributed by atoms with van der Waals surface area (Å²) >= 11 is 0. The highest BCUT2D eigenvalue weighted by Crippen LogP contribution is 2.20.